The summed E-state index contributed by atoms with van der Waals surface area (Å²) >= 11 is 0. The third kappa shape index (κ3) is 2.95. The second-order valence-electron chi connectivity index (χ2n) is 3.27. The number of rotatable bonds is 4. The number of methoxy groups -OCH3 is 1. The van der Waals surface area contributed by atoms with Crippen LogP contribution in [-0.2, 0) is 9.53 Å². The van der Waals surface area contributed by atoms with E-state index in [9.17, 15) is 4.79 Å². The maximum absolute atomic E-state index is 11.3. The summed E-state index contributed by atoms with van der Waals surface area (Å²) in [6.07, 6.45) is 0. The maximum Gasteiger partial charge on any atom is 0.329 e. The number of hydrogen-bond acceptors (Lipinski definition) is 4. The van der Waals surface area contributed by atoms with Crippen LogP contribution in [0.5, 0.6) is 0 Å². The average molecular weight is 208 g/mol. The van der Waals surface area contributed by atoms with Crippen molar-refractivity contribution in [1.29, 1.82) is 0 Å². The quantitative estimate of drug-likeness (QED) is 0.722. The summed E-state index contributed by atoms with van der Waals surface area (Å²) in [5.41, 5.74) is 7.45. The first-order valence-corrected chi connectivity index (χ1v) is 4.79. The van der Waals surface area contributed by atoms with Crippen molar-refractivity contribution in [3.63, 3.8) is 0 Å². The first kappa shape index (κ1) is 11.5. The lowest BCUT2D eigenvalue weighted by molar-refractivity contribution is -0.141. The highest BCUT2D eigenvalue weighted by atomic mass is 16.5. The van der Waals surface area contributed by atoms with Crippen LogP contribution in [0.25, 0.3) is 0 Å². The number of benzene rings is 1. The molecule has 0 saturated heterocycles. The van der Waals surface area contributed by atoms with Crippen LogP contribution in [0.2, 0.25) is 0 Å². The van der Waals surface area contributed by atoms with E-state index in [1.54, 1.807) is 0 Å². The highest BCUT2D eigenvalue weighted by Crippen LogP contribution is 2.14. The van der Waals surface area contributed by atoms with E-state index in [0.29, 0.717) is 0 Å². The van der Waals surface area contributed by atoms with Crippen LogP contribution in [0.4, 0.5) is 5.69 Å². The molecule has 4 nitrogen and oxygen atoms in total. The van der Waals surface area contributed by atoms with E-state index >= 15 is 0 Å². The van der Waals surface area contributed by atoms with Crippen LogP contribution in [0.15, 0.2) is 24.3 Å². The van der Waals surface area contributed by atoms with Gasteiger partial charge in [0.1, 0.15) is 6.04 Å². The number of anilines is 1. The fourth-order valence-electron chi connectivity index (χ4n) is 1.28. The summed E-state index contributed by atoms with van der Waals surface area (Å²) in [5.74, 6) is -0.347. The van der Waals surface area contributed by atoms with Crippen LogP contribution in [0.1, 0.15) is 5.56 Å². The van der Waals surface area contributed by atoms with Crippen molar-refractivity contribution < 1.29 is 9.53 Å². The van der Waals surface area contributed by atoms with Crippen molar-refractivity contribution in [3.8, 4) is 0 Å². The fraction of sp³-hybridized carbons (Fsp3) is 0.364. The Kier molecular flexibility index (Phi) is 4.12. The second kappa shape index (κ2) is 5.36. The van der Waals surface area contributed by atoms with E-state index in [1.807, 2.05) is 31.2 Å². The van der Waals surface area contributed by atoms with Gasteiger partial charge in [-0.25, -0.2) is 4.79 Å². The molecule has 82 valence electrons. The van der Waals surface area contributed by atoms with Gasteiger partial charge in [-0.3, -0.25) is 0 Å². The molecule has 1 unspecified atom stereocenters. The van der Waals surface area contributed by atoms with E-state index in [2.05, 4.69) is 10.1 Å². The summed E-state index contributed by atoms with van der Waals surface area (Å²) in [5, 5.41) is 3.05. The zero-order valence-electron chi connectivity index (χ0n) is 8.99. The Bertz CT molecular complexity index is 339. The predicted molar refractivity (Wildman–Crippen MR) is 59.7 cm³/mol. The number of para-hydroxylation sites is 1. The summed E-state index contributed by atoms with van der Waals surface area (Å²) in [4.78, 5) is 11.3. The zero-order valence-corrected chi connectivity index (χ0v) is 8.99. The van der Waals surface area contributed by atoms with Crippen LogP contribution >= 0.6 is 0 Å². The molecule has 0 aromatic heterocycles. The van der Waals surface area contributed by atoms with Gasteiger partial charge >= 0.3 is 5.97 Å². The van der Waals surface area contributed by atoms with Crippen molar-refractivity contribution in [3.05, 3.63) is 29.8 Å². The number of nitrogens with two attached hydrogens (primary N) is 1. The van der Waals surface area contributed by atoms with Gasteiger partial charge in [0.05, 0.1) is 7.11 Å². The zero-order chi connectivity index (χ0) is 11.3. The average Bonchev–Trinajstić information content (AvgIpc) is 2.27. The monoisotopic (exact) mass is 208 g/mol. The molecule has 1 rings (SSSR count). The Labute approximate surface area is 89.4 Å². The molecule has 1 atom stereocenters. The molecule has 0 radical (unpaired) electrons. The van der Waals surface area contributed by atoms with Crippen molar-refractivity contribution in [1.82, 2.24) is 0 Å². The molecule has 0 spiro atoms. The summed E-state index contributed by atoms with van der Waals surface area (Å²) < 4.78 is 4.63. The van der Waals surface area contributed by atoms with Crippen LogP contribution in [0, 0.1) is 6.92 Å². The first-order chi connectivity index (χ1) is 7.19. The number of aryl methyl sites for hydroxylation is 1. The minimum Gasteiger partial charge on any atom is -0.467 e. The smallest absolute Gasteiger partial charge is 0.329 e. The van der Waals surface area contributed by atoms with Crippen molar-refractivity contribution in [2.75, 3.05) is 19.0 Å². The molecule has 0 fully saturated rings. The molecule has 1 aromatic carbocycles. The Morgan fingerprint density at radius 2 is 2.20 bits per heavy atom. The standard InChI is InChI=1S/C11H16N2O2/c1-8-5-3-4-6-9(8)13-10(7-12)11(14)15-2/h3-6,10,13H,7,12H2,1-2H3. The molecule has 3 N–H and O–H groups in total. The molecular weight excluding hydrogens is 192 g/mol. The van der Waals surface area contributed by atoms with Gasteiger partial charge < -0.3 is 15.8 Å². The fourth-order valence-corrected chi connectivity index (χ4v) is 1.28. The summed E-state index contributed by atoms with van der Waals surface area (Å²) in [6, 6.07) is 7.22. The molecule has 0 aliphatic rings. The third-order valence-electron chi connectivity index (χ3n) is 2.20. The third-order valence-corrected chi connectivity index (χ3v) is 2.20. The maximum atomic E-state index is 11.3. The highest BCUT2D eigenvalue weighted by molar-refractivity contribution is 5.79. The van der Waals surface area contributed by atoms with Gasteiger partial charge in [0.15, 0.2) is 0 Å². The minimum absolute atomic E-state index is 0.209. The first-order valence-electron chi connectivity index (χ1n) is 4.79. The molecule has 0 heterocycles. The summed E-state index contributed by atoms with van der Waals surface area (Å²) in [7, 11) is 1.35. The number of ether oxygens (including phenoxy) is 1. The molecule has 0 amide bonds. The van der Waals surface area contributed by atoms with Crippen LogP contribution in [0.3, 0.4) is 0 Å². The lowest BCUT2D eigenvalue weighted by Crippen LogP contribution is -2.37. The number of carbonyl (C=O) groups is 1. The van der Waals surface area contributed by atoms with E-state index in [4.69, 9.17) is 5.73 Å². The lowest BCUT2D eigenvalue weighted by Gasteiger charge is -2.16. The van der Waals surface area contributed by atoms with Gasteiger partial charge in [-0.2, -0.15) is 0 Å². The van der Waals surface area contributed by atoms with Gasteiger partial charge in [-0.15, -0.1) is 0 Å². The number of nitrogens with one attached hydrogen (secondary N) is 1. The van der Waals surface area contributed by atoms with Crippen molar-refractivity contribution in [2.24, 2.45) is 5.73 Å². The van der Waals surface area contributed by atoms with Gasteiger partial charge in [-0.05, 0) is 18.6 Å². The van der Waals surface area contributed by atoms with Gasteiger partial charge in [0, 0.05) is 12.2 Å². The van der Waals surface area contributed by atoms with Crippen molar-refractivity contribution in [2.45, 2.75) is 13.0 Å². The van der Waals surface area contributed by atoms with E-state index < -0.39 is 6.04 Å². The molecular formula is C11H16N2O2. The van der Waals surface area contributed by atoms with Crippen molar-refractivity contribution >= 4 is 11.7 Å². The topological polar surface area (TPSA) is 64.3 Å². The molecule has 0 aliphatic carbocycles. The Hall–Kier alpha value is -1.55. The van der Waals surface area contributed by atoms with Crippen LogP contribution in [-0.4, -0.2) is 25.7 Å². The normalized spacial score (nSPS) is 11.9. The molecule has 4 heteroatoms. The Balaban J connectivity index is 2.75. The largest absolute Gasteiger partial charge is 0.467 e. The predicted octanol–water partition coefficient (Wildman–Crippen LogP) is 0.907. The van der Waals surface area contributed by atoms with Gasteiger partial charge in [-0.1, -0.05) is 18.2 Å². The number of esters is 1. The molecule has 1 aromatic rings. The summed E-state index contributed by atoms with van der Waals surface area (Å²) in [6.45, 7) is 2.17. The molecule has 0 aliphatic heterocycles. The Morgan fingerprint density at radius 1 is 1.53 bits per heavy atom. The van der Waals surface area contributed by atoms with E-state index in [-0.39, 0.29) is 12.5 Å². The molecule has 0 saturated carbocycles. The van der Waals surface area contributed by atoms with E-state index in [1.165, 1.54) is 7.11 Å². The van der Waals surface area contributed by atoms with Crippen LogP contribution < -0.4 is 11.1 Å². The van der Waals surface area contributed by atoms with E-state index in [0.717, 1.165) is 11.3 Å². The molecule has 15 heavy (non-hydrogen) atoms. The number of carbonyl (C=O) groups excluding carboxylic acids is 1. The second-order valence-corrected chi connectivity index (χ2v) is 3.27. The Morgan fingerprint density at radius 3 is 2.73 bits per heavy atom. The highest BCUT2D eigenvalue weighted by Gasteiger charge is 2.17. The number of hydrogen-bond donors (Lipinski definition) is 2. The van der Waals surface area contributed by atoms with Gasteiger partial charge in [0.25, 0.3) is 0 Å². The SMILES string of the molecule is COC(=O)C(CN)Nc1ccccc1C. The minimum atomic E-state index is -0.490. The van der Waals surface area contributed by atoms with Gasteiger partial charge in [0.2, 0.25) is 0 Å². The molecule has 0 bridgehead atoms. The lowest BCUT2D eigenvalue weighted by atomic mass is 10.2.